The molecular formula is C15H13ClN2O. The van der Waals surface area contributed by atoms with Crippen LogP contribution < -0.4 is 4.74 Å². The van der Waals surface area contributed by atoms with Crippen LogP contribution in [0.25, 0.3) is 22.4 Å². The molecule has 3 aromatic rings. The molecule has 0 amide bonds. The van der Waals surface area contributed by atoms with Gasteiger partial charge in [0.25, 0.3) is 0 Å². The molecule has 96 valence electrons. The molecule has 2 aromatic carbocycles. The zero-order valence-corrected chi connectivity index (χ0v) is 11.5. The first kappa shape index (κ1) is 12.1. The monoisotopic (exact) mass is 272 g/mol. The molecule has 1 N–H and O–H groups in total. The van der Waals surface area contributed by atoms with Crippen LogP contribution in [0, 0.1) is 6.92 Å². The number of halogens is 1. The minimum Gasteiger partial charge on any atom is -0.497 e. The van der Waals surface area contributed by atoms with Gasteiger partial charge in [-0.1, -0.05) is 11.6 Å². The van der Waals surface area contributed by atoms with E-state index in [1.807, 2.05) is 43.3 Å². The predicted molar refractivity (Wildman–Crippen MR) is 77.8 cm³/mol. The molecule has 0 atom stereocenters. The van der Waals surface area contributed by atoms with Crippen molar-refractivity contribution in [1.29, 1.82) is 0 Å². The number of nitrogens with zero attached hydrogens (tertiary/aromatic N) is 1. The molecule has 3 rings (SSSR count). The maximum atomic E-state index is 6.05. The summed E-state index contributed by atoms with van der Waals surface area (Å²) in [5.74, 6) is 1.67. The zero-order chi connectivity index (χ0) is 13.4. The first-order valence-corrected chi connectivity index (χ1v) is 6.35. The summed E-state index contributed by atoms with van der Waals surface area (Å²) in [7, 11) is 1.65. The summed E-state index contributed by atoms with van der Waals surface area (Å²) in [6.07, 6.45) is 0. The highest BCUT2D eigenvalue weighted by Gasteiger charge is 2.08. The van der Waals surface area contributed by atoms with Crippen molar-refractivity contribution in [3.63, 3.8) is 0 Å². The lowest BCUT2D eigenvalue weighted by Crippen LogP contribution is -1.83. The first-order valence-electron chi connectivity index (χ1n) is 5.97. The maximum Gasteiger partial charge on any atom is 0.138 e. The number of aromatic amines is 1. The molecule has 0 aliphatic carbocycles. The van der Waals surface area contributed by atoms with Crippen LogP contribution in [0.1, 0.15) is 5.56 Å². The van der Waals surface area contributed by atoms with Crippen LogP contribution >= 0.6 is 11.6 Å². The Morgan fingerprint density at radius 2 is 1.89 bits per heavy atom. The van der Waals surface area contributed by atoms with Gasteiger partial charge in [-0.05, 0) is 48.9 Å². The summed E-state index contributed by atoms with van der Waals surface area (Å²) in [6.45, 7) is 2.01. The highest BCUT2D eigenvalue weighted by molar-refractivity contribution is 6.31. The molecule has 1 heterocycles. The number of hydrogen-bond donors (Lipinski definition) is 1. The Labute approximate surface area is 116 Å². The number of H-pyrrole nitrogens is 1. The first-order chi connectivity index (χ1) is 9.17. The van der Waals surface area contributed by atoms with Gasteiger partial charge in [0, 0.05) is 10.6 Å². The number of hydrogen-bond acceptors (Lipinski definition) is 2. The van der Waals surface area contributed by atoms with E-state index in [4.69, 9.17) is 16.3 Å². The minimum absolute atomic E-state index is 0.718. The number of benzene rings is 2. The van der Waals surface area contributed by atoms with Crippen molar-refractivity contribution in [2.45, 2.75) is 6.92 Å². The van der Waals surface area contributed by atoms with E-state index in [-0.39, 0.29) is 0 Å². The highest BCUT2D eigenvalue weighted by atomic mass is 35.5. The molecule has 3 nitrogen and oxygen atoms in total. The van der Waals surface area contributed by atoms with Gasteiger partial charge < -0.3 is 9.72 Å². The summed E-state index contributed by atoms with van der Waals surface area (Å²) >= 11 is 6.05. The number of methoxy groups -OCH3 is 1. The Balaban J connectivity index is 2.12. The number of imidazole rings is 1. The Morgan fingerprint density at radius 1 is 1.16 bits per heavy atom. The molecule has 0 fully saturated rings. The smallest absolute Gasteiger partial charge is 0.138 e. The Hall–Kier alpha value is -2.00. The summed E-state index contributed by atoms with van der Waals surface area (Å²) in [5, 5.41) is 0.718. The van der Waals surface area contributed by atoms with E-state index in [0.717, 1.165) is 38.8 Å². The minimum atomic E-state index is 0.718. The second-order valence-corrected chi connectivity index (χ2v) is 4.87. The van der Waals surface area contributed by atoms with Gasteiger partial charge in [-0.15, -0.1) is 0 Å². The molecule has 0 spiro atoms. The fraction of sp³-hybridized carbons (Fsp3) is 0.133. The van der Waals surface area contributed by atoms with Gasteiger partial charge >= 0.3 is 0 Å². The molecule has 0 unspecified atom stereocenters. The van der Waals surface area contributed by atoms with E-state index in [1.54, 1.807) is 7.11 Å². The van der Waals surface area contributed by atoms with Crippen LogP contribution in [-0.4, -0.2) is 17.1 Å². The van der Waals surface area contributed by atoms with Gasteiger partial charge in [0.1, 0.15) is 11.6 Å². The number of rotatable bonds is 2. The van der Waals surface area contributed by atoms with E-state index >= 15 is 0 Å². The standard InChI is InChI=1S/C15H13ClN2O/c1-9-7-11(16)8-13-14(9)18-15(17-13)10-3-5-12(19-2)6-4-10/h3-8H,1-2H3,(H,17,18). The van der Waals surface area contributed by atoms with Gasteiger partial charge in [-0.3, -0.25) is 0 Å². The van der Waals surface area contributed by atoms with E-state index in [0.29, 0.717) is 0 Å². The normalized spacial score (nSPS) is 10.9. The van der Waals surface area contributed by atoms with E-state index in [2.05, 4.69) is 9.97 Å². The second kappa shape index (κ2) is 4.59. The van der Waals surface area contributed by atoms with Crippen molar-refractivity contribution in [3.05, 3.63) is 47.0 Å². The number of nitrogens with one attached hydrogen (secondary N) is 1. The molecule has 1 aromatic heterocycles. The van der Waals surface area contributed by atoms with E-state index in [1.165, 1.54) is 0 Å². The van der Waals surface area contributed by atoms with Crippen LogP contribution in [0.5, 0.6) is 5.75 Å². The molecule has 0 saturated heterocycles. The van der Waals surface area contributed by atoms with Gasteiger partial charge in [-0.25, -0.2) is 4.98 Å². The average molecular weight is 273 g/mol. The number of fused-ring (bicyclic) bond motifs is 1. The highest BCUT2D eigenvalue weighted by Crippen LogP contribution is 2.26. The van der Waals surface area contributed by atoms with Crippen molar-refractivity contribution < 1.29 is 4.74 Å². The summed E-state index contributed by atoms with van der Waals surface area (Å²) in [4.78, 5) is 7.92. The van der Waals surface area contributed by atoms with E-state index < -0.39 is 0 Å². The summed E-state index contributed by atoms with van der Waals surface area (Å²) in [6, 6.07) is 11.6. The second-order valence-electron chi connectivity index (χ2n) is 4.43. The van der Waals surface area contributed by atoms with Gasteiger partial charge in [0.05, 0.1) is 18.1 Å². The maximum absolute atomic E-state index is 6.05. The quantitative estimate of drug-likeness (QED) is 0.759. The average Bonchev–Trinajstić information content (AvgIpc) is 2.83. The Kier molecular flexibility index (Phi) is 2.91. The van der Waals surface area contributed by atoms with Crippen molar-refractivity contribution in [3.8, 4) is 17.1 Å². The van der Waals surface area contributed by atoms with Crippen LogP contribution in [-0.2, 0) is 0 Å². The van der Waals surface area contributed by atoms with Gasteiger partial charge in [0.15, 0.2) is 0 Å². The molecule has 0 bridgehead atoms. The molecular weight excluding hydrogens is 260 g/mol. The third kappa shape index (κ3) is 2.17. The van der Waals surface area contributed by atoms with Crippen LogP contribution in [0.4, 0.5) is 0 Å². The SMILES string of the molecule is COc1ccc(-c2nc3c(C)cc(Cl)cc3[nH]2)cc1. The lowest BCUT2D eigenvalue weighted by Gasteiger charge is -2.00. The Bertz CT molecular complexity index is 732. The molecule has 0 aliphatic rings. The van der Waals surface area contributed by atoms with Crippen molar-refractivity contribution in [2.75, 3.05) is 7.11 Å². The van der Waals surface area contributed by atoms with Crippen LogP contribution in [0.3, 0.4) is 0 Å². The van der Waals surface area contributed by atoms with Crippen LogP contribution in [0.15, 0.2) is 36.4 Å². The largest absolute Gasteiger partial charge is 0.497 e. The topological polar surface area (TPSA) is 37.9 Å². The molecule has 0 saturated carbocycles. The lowest BCUT2D eigenvalue weighted by molar-refractivity contribution is 0.415. The van der Waals surface area contributed by atoms with Crippen molar-refractivity contribution in [1.82, 2.24) is 9.97 Å². The van der Waals surface area contributed by atoms with Crippen LogP contribution in [0.2, 0.25) is 5.02 Å². The lowest BCUT2D eigenvalue weighted by atomic mass is 10.2. The molecule has 0 aliphatic heterocycles. The molecule has 0 radical (unpaired) electrons. The fourth-order valence-corrected chi connectivity index (χ4v) is 2.40. The number of ether oxygens (including phenoxy) is 1. The Morgan fingerprint density at radius 3 is 2.58 bits per heavy atom. The molecule has 4 heteroatoms. The summed E-state index contributed by atoms with van der Waals surface area (Å²) < 4.78 is 5.15. The third-order valence-corrected chi connectivity index (χ3v) is 3.32. The van der Waals surface area contributed by atoms with Crippen molar-refractivity contribution in [2.24, 2.45) is 0 Å². The fourth-order valence-electron chi connectivity index (χ4n) is 2.13. The third-order valence-electron chi connectivity index (χ3n) is 3.11. The molecule has 19 heavy (non-hydrogen) atoms. The zero-order valence-electron chi connectivity index (χ0n) is 10.7. The number of aromatic nitrogens is 2. The van der Waals surface area contributed by atoms with E-state index in [9.17, 15) is 0 Å². The predicted octanol–water partition coefficient (Wildman–Crippen LogP) is 4.20. The summed E-state index contributed by atoms with van der Waals surface area (Å²) in [5.41, 5.74) is 4.00. The van der Waals surface area contributed by atoms with Gasteiger partial charge in [0.2, 0.25) is 0 Å². The van der Waals surface area contributed by atoms with Gasteiger partial charge in [-0.2, -0.15) is 0 Å². The number of aryl methyl sites for hydroxylation is 1. The van der Waals surface area contributed by atoms with Crippen molar-refractivity contribution >= 4 is 22.6 Å².